The van der Waals surface area contributed by atoms with Crippen LogP contribution in [0.1, 0.15) is 27.0 Å². The van der Waals surface area contributed by atoms with Crippen molar-refractivity contribution in [3.63, 3.8) is 0 Å². The van der Waals surface area contributed by atoms with Crippen LogP contribution in [0, 0.1) is 20.8 Å². The summed E-state index contributed by atoms with van der Waals surface area (Å²) in [4.78, 5) is 24.8. The normalized spacial score (nSPS) is 10.7. The summed E-state index contributed by atoms with van der Waals surface area (Å²) in [5.41, 5.74) is 3.28. The maximum absolute atomic E-state index is 12.6. The summed E-state index contributed by atoms with van der Waals surface area (Å²) in [5, 5.41) is 3.56. The molecule has 0 radical (unpaired) electrons. The molecule has 0 saturated heterocycles. The van der Waals surface area contributed by atoms with Crippen LogP contribution in [0.3, 0.4) is 0 Å². The molecule has 0 saturated carbocycles. The van der Waals surface area contributed by atoms with Crippen LogP contribution in [0.15, 0.2) is 51.7 Å². The number of hydrogen-bond acceptors (Lipinski definition) is 3. The minimum Gasteiger partial charge on any atom is -0.422 e. The van der Waals surface area contributed by atoms with Crippen LogP contribution in [-0.2, 0) is 0 Å². The zero-order valence-electron chi connectivity index (χ0n) is 13.3. The van der Waals surface area contributed by atoms with Gasteiger partial charge < -0.3 is 9.73 Å². The van der Waals surface area contributed by atoms with E-state index in [0.717, 1.165) is 16.5 Å². The molecule has 4 nitrogen and oxygen atoms in total. The van der Waals surface area contributed by atoms with E-state index in [9.17, 15) is 9.59 Å². The van der Waals surface area contributed by atoms with E-state index in [0.29, 0.717) is 16.8 Å². The van der Waals surface area contributed by atoms with E-state index in [4.69, 9.17) is 4.42 Å². The summed E-state index contributed by atoms with van der Waals surface area (Å²) in [7, 11) is 0. The van der Waals surface area contributed by atoms with Gasteiger partial charge in [-0.15, -0.1) is 0 Å². The number of carbonyl (C=O) groups excluding carboxylic acids is 1. The molecule has 0 unspecified atom stereocenters. The van der Waals surface area contributed by atoms with E-state index in [2.05, 4.69) is 5.32 Å². The number of fused-ring (bicyclic) bond motifs is 1. The van der Waals surface area contributed by atoms with Gasteiger partial charge in [-0.25, -0.2) is 4.79 Å². The van der Waals surface area contributed by atoms with Gasteiger partial charge in [-0.3, -0.25) is 4.79 Å². The minimum absolute atomic E-state index is 0.0451. The molecule has 23 heavy (non-hydrogen) atoms. The molecular formula is C19H17NO3. The van der Waals surface area contributed by atoms with Crippen LogP contribution in [-0.4, -0.2) is 5.91 Å². The molecule has 1 heterocycles. The Labute approximate surface area is 133 Å². The molecule has 3 rings (SSSR count). The minimum atomic E-state index is -0.622. The number of hydrogen-bond donors (Lipinski definition) is 1. The topological polar surface area (TPSA) is 59.3 Å². The maximum Gasteiger partial charge on any atom is 0.349 e. The Hall–Kier alpha value is -2.88. The van der Waals surface area contributed by atoms with Gasteiger partial charge in [0.2, 0.25) is 0 Å². The molecule has 4 heteroatoms. The van der Waals surface area contributed by atoms with Crippen molar-refractivity contribution in [2.45, 2.75) is 20.8 Å². The van der Waals surface area contributed by atoms with Gasteiger partial charge in [0.05, 0.1) is 0 Å². The summed E-state index contributed by atoms with van der Waals surface area (Å²) >= 11 is 0. The summed E-state index contributed by atoms with van der Waals surface area (Å²) in [6.45, 7) is 5.66. The quantitative estimate of drug-likeness (QED) is 0.729. The molecule has 1 aromatic heterocycles. The Morgan fingerprint density at radius 3 is 2.52 bits per heavy atom. The number of nitrogens with one attached hydrogen (secondary N) is 1. The highest BCUT2D eigenvalue weighted by Gasteiger charge is 2.18. The second kappa shape index (κ2) is 5.72. The van der Waals surface area contributed by atoms with Crippen LogP contribution in [0.4, 0.5) is 5.69 Å². The average molecular weight is 307 g/mol. The number of carbonyl (C=O) groups is 1. The maximum atomic E-state index is 12.6. The Morgan fingerprint density at radius 2 is 1.78 bits per heavy atom. The SMILES string of the molecule is Cc1ccc(NC(=O)c2c(C)c3ccccc3oc2=O)c(C)c1. The number of rotatable bonds is 2. The van der Waals surface area contributed by atoms with Gasteiger partial charge in [0.1, 0.15) is 11.1 Å². The largest absolute Gasteiger partial charge is 0.422 e. The Morgan fingerprint density at radius 1 is 1.04 bits per heavy atom. The van der Waals surface area contributed by atoms with Crippen LogP contribution >= 0.6 is 0 Å². The molecule has 3 aromatic rings. The molecule has 0 aliphatic heterocycles. The second-order valence-corrected chi connectivity index (χ2v) is 5.66. The van der Waals surface area contributed by atoms with Gasteiger partial charge in [0.15, 0.2) is 0 Å². The lowest BCUT2D eigenvalue weighted by molar-refractivity contribution is 0.102. The van der Waals surface area contributed by atoms with E-state index in [1.54, 1.807) is 19.1 Å². The van der Waals surface area contributed by atoms with Crippen molar-refractivity contribution in [2.24, 2.45) is 0 Å². The van der Waals surface area contributed by atoms with E-state index in [1.165, 1.54) is 0 Å². The smallest absolute Gasteiger partial charge is 0.349 e. The van der Waals surface area contributed by atoms with Crippen molar-refractivity contribution in [3.05, 3.63) is 75.1 Å². The molecular weight excluding hydrogens is 290 g/mol. The second-order valence-electron chi connectivity index (χ2n) is 5.66. The van der Waals surface area contributed by atoms with E-state index < -0.39 is 11.5 Å². The summed E-state index contributed by atoms with van der Waals surface area (Å²) < 4.78 is 5.27. The molecule has 0 spiro atoms. The zero-order valence-corrected chi connectivity index (χ0v) is 13.3. The highest BCUT2D eigenvalue weighted by atomic mass is 16.4. The van der Waals surface area contributed by atoms with Crippen molar-refractivity contribution >= 4 is 22.6 Å². The number of benzene rings is 2. The van der Waals surface area contributed by atoms with E-state index in [1.807, 2.05) is 44.2 Å². The number of anilines is 1. The molecule has 116 valence electrons. The first-order valence-corrected chi connectivity index (χ1v) is 7.38. The predicted molar refractivity (Wildman–Crippen MR) is 91.1 cm³/mol. The van der Waals surface area contributed by atoms with Crippen molar-refractivity contribution in [1.29, 1.82) is 0 Å². The van der Waals surface area contributed by atoms with Gasteiger partial charge in [0, 0.05) is 11.1 Å². The molecule has 1 N–H and O–H groups in total. The van der Waals surface area contributed by atoms with E-state index in [-0.39, 0.29) is 5.56 Å². The average Bonchev–Trinajstić information content (AvgIpc) is 2.50. The molecule has 2 aromatic carbocycles. The van der Waals surface area contributed by atoms with Crippen LogP contribution in [0.25, 0.3) is 11.0 Å². The van der Waals surface area contributed by atoms with Crippen molar-refractivity contribution in [1.82, 2.24) is 0 Å². The lowest BCUT2D eigenvalue weighted by Crippen LogP contribution is -2.23. The van der Waals surface area contributed by atoms with Gasteiger partial charge >= 0.3 is 5.63 Å². The third-order valence-corrected chi connectivity index (χ3v) is 3.93. The lowest BCUT2D eigenvalue weighted by atomic mass is 10.0. The fourth-order valence-electron chi connectivity index (χ4n) is 2.71. The van der Waals surface area contributed by atoms with Crippen molar-refractivity contribution in [3.8, 4) is 0 Å². The van der Waals surface area contributed by atoms with Crippen molar-refractivity contribution < 1.29 is 9.21 Å². The predicted octanol–water partition coefficient (Wildman–Crippen LogP) is 3.97. The molecule has 0 atom stereocenters. The summed E-state index contributed by atoms with van der Waals surface area (Å²) in [6, 6.07) is 12.9. The van der Waals surface area contributed by atoms with Gasteiger partial charge in [0.25, 0.3) is 5.91 Å². The number of para-hydroxylation sites is 1. The fourth-order valence-corrected chi connectivity index (χ4v) is 2.71. The first kappa shape index (κ1) is 15.0. The first-order chi connectivity index (χ1) is 11.0. The summed E-state index contributed by atoms with van der Waals surface area (Å²) in [5.74, 6) is -0.450. The monoisotopic (exact) mass is 307 g/mol. The van der Waals surface area contributed by atoms with Crippen LogP contribution < -0.4 is 10.9 Å². The molecule has 0 aliphatic carbocycles. The van der Waals surface area contributed by atoms with Crippen LogP contribution in [0.2, 0.25) is 0 Å². The first-order valence-electron chi connectivity index (χ1n) is 7.38. The zero-order chi connectivity index (χ0) is 16.6. The number of aryl methyl sites for hydroxylation is 3. The Kier molecular flexibility index (Phi) is 3.74. The van der Waals surface area contributed by atoms with Crippen molar-refractivity contribution in [2.75, 3.05) is 5.32 Å². The fraction of sp³-hybridized carbons (Fsp3) is 0.158. The Balaban J connectivity index is 2.06. The third-order valence-electron chi connectivity index (χ3n) is 3.93. The number of amides is 1. The molecule has 0 aliphatic rings. The highest BCUT2D eigenvalue weighted by Crippen LogP contribution is 2.21. The molecule has 1 amide bonds. The standard InChI is InChI=1S/C19H17NO3/c1-11-8-9-15(12(2)10-11)20-18(21)17-13(3)14-6-4-5-7-16(14)23-19(17)22/h4-10H,1-3H3,(H,20,21). The van der Waals surface area contributed by atoms with E-state index >= 15 is 0 Å². The lowest BCUT2D eigenvalue weighted by Gasteiger charge is -2.11. The van der Waals surface area contributed by atoms with Gasteiger partial charge in [-0.2, -0.15) is 0 Å². The van der Waals surface area contributed by atoms with Crippen LogP contribution in [0.5, 0.6) is 0 Å². The summed E-state index contributed by atoms with van der Waals surface area (Å²) in [6.07, 6.45) is 0. The van der Waals surface area contributed by atoms with Gasteiger partial charge in [-0.05, 0) is 44.0 Å². The third kappa shape index (κ3) is 2.75. The molecule has 0 fully saturated rings. The van der Waals surface area contributed by atoms with Gasteiger partial charge in [-0.1, -0.05) is 35.9 Å². The Bertz CT molecular complexity index is 970. The highest BCUT2D eigenvalue weighted by molar-refractivity contribution is 6.07. The molecule has 0 bridgehead atoms.